The molecule has 1 aromatic heterocycles. The van der Waals surface area contributed by atoms with E-state index in [9.17, 15) is 0 Å². The summed E-state index contributed by atoms with van der Waals surface area (Å²) < 4.78 is 5.27. The second-order valence-electron chi connectivity index (χ2n) is 3.01. The van der Waals surface area contributed by atoms with Crippen molar-refractivity contribution in [3.05, 3.63) is 24.3 Å². The molecule has 0 radical (unpaired) electrons. The average Bonchev–Trinajstić information content (AvgIpc) is 2.07. The van der Waals surface area contributed by atoms with Crippen molar-refractivity contribution in [2.45, 2.75) is 20.0 Å². The fourth-order valence-corrected chi connectivity index (χ4v) is 1.13. The third-order valence-electron chi connectivity index (χ3n) is 1.70. The molecule has 0 saturated carbocycles. The summed E-state index contributed by atoms with van der Waals surface area (Å²) in [6.45, 7) is 4.18. The van der Waals surface area contributed by atoms with E-state index in [4.69, 9.17) is 4.74 Å². The van der Waals surface area contributed by atoms with Gasteiger partial charge in [0.2, 0.25) is 0 Å². The van der Waals surface area contributed by atoms with Crippen molar-refractivity contribution < 1.29 is 4.74 Å². The van der Waals surface area contributed by atoms with Gasteiger partial charge in [-0.25, -0.2) is 9.97 Å². The fraction of sp³-hybridized carbons (Fsp3) is 0.556. The molecule has 0 aromatic carbocycles. The summed E-state index contributed by atoms with van der Waals surface area (Å²) in [5.74, 6) is 1.16. The van der Waals surface area contributed by atoms with E-state index in [1.165, 1.54) is 0 Å². The first-order chi connectivity index (χ1) is 5.75. The molecule has 1 aromatic rings. The Morgan fingerprint density at radius 3 is 2.25 bits per heavy atom. The summed E-state index contributed by atoms with van der Waals surface area (Å²) in [5.41, 5.74) is 0. The summed E-state index contributed by atoms with van der Waals surface area (Å²) >= 11 is 0. The number of ether oxygens (including phenoxy) is 1. The first-order valence-corrected chi connectivity index (χ1v) is 4.05. The van der Waals surface area contributed by atoms with Gasteiger partial charge in [0.05, 0.1) is 0 Å². The molecule has 0 spiro atoms. The van der Waals surface area contributed by atoms with E-state index < -0.39 is 0 Å². The Morgan fingerprint density at radius 2 is 1.83 bits per heavy atom. The Hall–Kier alpha value is -0.960. The van der Waals surface area contributed by atoms with Gasteiger partial charge in [0, 0.05) is 19.5 Å². The molecule has 0 fully saturated rings. The summed E-state index contributed by atoms with van der Waals surface area (Å²) in [4.78, 5) is 8.27. The molecule has 0 unspecified atom stereocenters. The summed E-state index contributed by atoms with van der Waals surface area (Å²) in [5, 5.41) is 0. The molecular formula is C9H14N2O. The highest BCUT2D eigenvalue weighted by Gasteiger charge is 2.16. The van der Waals surface area contributed by atoms with Gasteiger partial charge in [0.15, 0.2) is 5.82 Å². The lowest BCUT2D eigenvalue weighted by molar-refractivity contribution is 0.0574. The van der Waals surface area contributed by atoms with Gasteiger partial charge >= 0.3 is 0 Å². The van der Waals surface area contributed by atoms with Gasteiger partial charge < -0.3 is 4.74 Å². The number of rotatable bonds is 3. The molecule has 66 valence electrons. The number of aromatic nitrogens is 2. The van der Waals surface area contributed by atoms with Crippen LogP contribution in [0.5, 0.6) is 0 Å². The molecule has 0 amide bonds. The van der Waals surface area contributed by atoms with Crippen LogP contribution >= 0.6 is 0 Å². The Kier molecular flexibility index (Phi) is 3.17. The van der Waals surface area contributed by atoms with Crippen molar-refractivity contribution in [2.24, 2.45) is 5.92 Å². The van der Waals surface area contributed by atoms with Crippen LogP contribution in [-0.4, -0.2) is 17.1 Å². The van der Waals surface area contributed by atoms with Gasteiger partial charge in [-0.3, -0.25) is 0 Å². The van der Waals surface area contributed by atoms with Crippen molar-refractivity contribution in [1.82, 2.24) is 9.97 Å². The van der Waals surface area contributed by atoms with Gasteiger partial charge in [0.1, 0.15) is 6.10 Å². The minimum atomic E-state index is 0.00574. The summed E-state index contributed by atoms with van der Waals surface area (Å²) in [6.07, 6.45) is 3.47. The van der Waals surface area contributed by atoms with E-state index in [0.717, 1.165) is 5.82 Å². The summed E-state index contributed by atoms with van der Waals surface area (Å²) in [6, 6.07) is 1.80. The quantitative estimate of drug-likeness (QED) is 0.687. The van der Waals surface area contributed by atoms with Crippen LogP contribution in [0.15, 0.2) is 18.5 Å². The fourth-order valence-electron chi connectivity index (χ4n) is 1.13. The lowest BCUT2D eigenvalue weighted by Crippen LogP contribution is -2.12. The molecule has 0 aliphatic carbocycles. The van der Waals surface area contributed by atoms with E-state index in [0.29, 0.717) is 5.92 Å². The van der Waals surface area contributed by atoms with Gasteiger partial charge in [-0.05, 0) is 12.0 Å². The Bertz CT molecular complexity index is 223. The van der Waals surface area contributed by atoms with Crippen LogP contribution in [0.4, 0.5) is 0 Å². The molecular weight excluding hydrogens is 152 g/mol. The molecule has 0 saturated heterocycles. The molecule has 1 heterocycles. The first-order valence-electron chi connectivity index (χ1n) is 4.05. The lowest BCUT2D eigenvalue weighted by Gasteiger charge is -2.16. The van der Waals surface area contributed by atoms with Crippen molar-refractivity contribution >= 4 is 0 Å². The van der Waals surface area contributed by atoms with Crippen molar-refractivity contribution in [3.63, 3.8) is 0 Å². The van der Waals surface area contributed by atoms with Crippen molar-refractivity contribution in [2.75, 3.05) is 7.11 Å². The van der Waals surface area contributed by atoms with Gasteiger partial charge in [-0.2, -0.15) is 0 Å². The van der Waals surface area contributed by atoms with Crippen LogP contribution in [0.1, 0.15) is 25.8 Å². The maximum Gasteiger partial charge on any atom is 0.157 e. The monoisotopic (exact) mass is 166 g/mol. The van der Waals surface area contributed by atoms with Crippen LogP contribution in [0.2, 0.25) is 0 Å². The van der Waals surface area contributed by atoms with Crippen molar-refractivity contribution in [3.8, 4) is 0 Å². The van der Waals surface area contributed by atoms with Crippen LogP contribution in [0.25, 0.3) is 0 Å². The molecule has 1 atom stereocenters. The van der Waals surface area contributed by atoms with Gasteiger partial charge in [0.25, 0.3) is 0 Å². The molecule has 3 nitrogen and oxygen atoms in total. The van der Waals surface area contributed by atoms with Gasteiger partial charge in [-0.15, -0.1) is 0 Å². The first kappa shape index (κ1) is 9.13. The Morgan fingerprint density at radius 1 is 1.25 bits per heavy atom. The zero-order chi connectivity index (χ0) is 8.97. The molecule has 0 aliphatic rings. The second-order valence-corrected chi connectivity index (χ2v) is 3.01. The third-order valence-corrected chi connectivity index (χ3v) is 1.70. The number of hydrogen-bond donors (Lipinski definition) is 0. The van der Waals surface area contributed by atoms with Crippen LogP contribution in [0.3, 0.4) is 0 Å². The van der Waals surface area contributed by atoms with E-state index in [2.05, 4.69) is 23.8 Å². The number of nitrogens with zero attached hydrogens (tertiary/aromatic N) is 2. The van der Waals surface area contributed by atoms with E-state index >= 15 is 0 Å². The Labute approximate surface area is 72.8 Å². The van der Waals surface area contributed by atoms with E-state index in [1.807, 2.05) is 0 Å². The van der Waals surface area contributed by atoms with Crippen molar-refractivity contribution in [1.29, 1.82) is 0 Å². The predicted octanol–water partition coefficient (Wildman–Crippen LogP) is 1.82. The van der Waals surface area contributed by atoms with Crippen LogP contribution in [0, 0.1) is 5.92 Å². The molecule has 0 bridgehead atoms. The average molecular weight is 166 g/mol. The molecule has 1 rings (SSSR count). The number of methoxy groups -OCH3 is 1. The summed E-state index contributed by atoms with van der Waals surface area (Å²) in [7, 11) is 1.68. The number of hydrogen-bond acceptors (Lipinski definition) is 3. The molecule has 12 heavy (non-hydrogen) atoms. The van der Waals surface area contributed by atoms with Gasteiger partial charge in [-0.1, -0.05) is 13.8 Å². The van der Waals surface area contributed by atoms with E-state index in [-0.39, 0.29) is 6.10 Å². The lowest BCUT2D eigenvalue weighted by atomic mass is 10.1. The predicted molar refractivity (Wildman–Crippen MR) is 46.6 cm³/mol. The highest BCUT2D eigenvalue weighted by atomic mass is 16.5. The standard InChI is InChI=1S/C9H14N2O/c1-7(2)8(12-3)9-10-5-4-6-11-9/h4-8H,1-3H3/t8-/m0/s1. The van der Waals surface area contributed by atoms with Crippen LogP contribution in [-0.2, 0) is 4.74 Å². The minimum absolute atomic E-state index is 0.00574. The largest absolute Gasteiger partial charge is 0.373 e. The zero-order valence-corrected chi connectivity index (χ0v) is 7.69. The SMILES string of the molecule is CO[C@H](c1ncccn1)C(C)C. The van der Waals surface area contributed by atoms with E-state index in [1.54, 1.807) is 25.6 Å². The topological polar surface area (TPSA) is 35.0 Å². The normalized spacial score (nSPS) is 13.3. The maximum absolute atomic E-state index is 5.27. The zero-order valence-electron chi connectivity index (χ0n) is 7.69. The van der Waals surface area contributed by atoms with Crippen LogP contribution < -0.4 is 0 Å². The smallest absolute Gasteiger partial charge is 0.157 e. The molecule has 0 N–H and O–H groups in total. The Balaban J connectivity index is 2.80. The maximum atomic E-state index is 5.27. The third kappa shape index (κ3) is 2.01. The highest BCUT2D eigenvalue weighted by Crippen LogP contribution is 2.20. The minimum Gasteiger partial charge on any atom is -0.373 e. The molecule has 0 aliphatic heterocycles. The second kappa shape index (κ2) is 4.16. The highest BCUT2D eigenvalue weighted by molar-refractivity contribution is 4.94. The molecule has 3 heteroatoms.